The van der Waals surface area contributed by atoms with E-state index in [4.69, 9.17) is 26.1 Å². The Hall–Kier alpha value is -3.51. The van der Waals surface area contributed by atoms with Crippen molar-refractivity contribution in [2.45, 2.75) is 13.1 Å². The molecule has 0 saturated carbocycles. The number of aromatic nitrogens is 2. The fourth-order valence-corrected chi connectivity index (χ4v) is 3.58. The molecule has 0 aliphatic heterocycles. The number of ether oxygens (including phenoxy) is 2. The second-order valence-electron chi connectivity index (χ2n) is 6.86. The van der Waals surface area contributed by atoms with E-state index in [0.29, 0.717) is 23.7 Å². The van der Waals surface area contributed by atoms with Gasteiger partial charge in [-0.2, -0.15) is 0 Å². The van der Waals surface area contributed by atoms with Crippen LogP contribution in [0.4, 0.5) is 0 Å². The molecule has 6 nitrogen and oxygen atoms in total. The molecule has 0 spiro atoms. The van der Waals surface area contributed by atoms with Crippen LogP contribution in [0.2, 0.25) is 5.02 Å². The maximum atomic E-state index is 12.6. The van der Waals surface area contributed by atoms with Gasteiger partial charge in [0.15, 0.2) is 0 Å². The first-order valence-electron chi connectivity index (χ1n) is 9.89. The molecule has 31 heavy (non-hydrogen) atoms. The predicted molar refractivity (Wildman–Crippen MR) is 121 cm³/mol. The highest BCUT2D eigenvalue weighted by Gasteiger charge is 2.14. The average molecular weight is 436 g/mol. The van der Waals surface area contributed by atoms with Crippen molar-refractivity contribution in [1.82, 2.24) is 14.9 Å². The number of carbonyl (C=O) groups excluding carboxylic acids is 1. The number of hydrogen-bond donors (Lipinski definition) is 1. The number of methoxy groups -OCH3 is 1. The van der Waals surface area contributed by atoms with Crippen molar-refractivity contribution in [3.05, 3.63) is 89.2 Å². The Balaban J connectivity index is 1.49. The van der Waals surface area contributed by atoms with Crippen molar-refractivity contribution in [3.8, 4) is 11.5 Å². The number of halogens is 1. The summed E-state index contributed by atoms with van der Waals surface area (Å²) in [5.41, 5.74) is 2.29. The maximum absolute atomic E-state index is 12.6. The van der Waals surface area contributed by atoms with Crippen LogP contribution < -0.4 is 14.8 Å². The zero-order valence-corrected chi connectivity index (χ0v) is 17.8. The Bertz CT molecular complexity index is 1210. The Labute approximate surface area is 185 Å². The van der Waals surface area contributed by atoms with E-state index in [2.05, 4.69) is 9.88 Å². The van der Waals surface area contributed by atoms with Crippen LogP contribution in [0.1, 0.15) is 16.2 Å². The number of rotatable bonds is 8. The van der Waals surface area contributed by atoms with Gasteiger partial charge in [0.2, 0.25) is 0 Å². The second-order valence-corrected chi connectivity index (χ2v) is 7.27. The van der Waals surface area contributed by atoms with Crippen LogP contribution in [-0.2, 0) is 13.1 Å². The molecule has 0 saturated heterocycles. The van der Waals surface area contributed by atoms with Crippen molar-refractivity contribution in [1.29, 1.82) is 0 Å². The fourth-order valence-electron chi connectivity index (χ4n) is 3.36. The van der Waals surface area contributed by atoms with Crippen molar-refractivity contribution >= 4 is 28.5 Å². The van der Waals surface area contributed by atoms with Crippen molar-refractivity contribution < 1.29 is 14.3 Å². The van der Waals surface area contributed by atoms with Crippen LogP contribution >= 0.6 is 11.6 Å². The van der Waals surface area contributed by atoms with E-state index in [9.17, 15) is 4.79 Å². The third-order valence-electron chi connectivity index (χ3n) is 4.88. The zero-order chi connectivity index (χ0) is 21.6. The summed E-state index contributed by atoms with van der Waals surface area (Å²) in [6.45, 7) is 1.30. The van der Waals surface area contributed by atoms with Gasteiger partial charge in [-0.3, -0.25) is 4.79 Å². The quantitative estimate of drug-likeness (QED) is 0.435. The molecule has 4 aromatic rings. The molecular formula is C24H22ClN3O3. The lowest BCUT2D eigenvalue weighted by Gasteiger charge is -2.12. The lowest BCUT2D eigenvalue weighted by atomic mass is 10.2. The molecule has 3 aromatic carbocycles. The van der Waals surface area contributed by atoms with Crippen LogP contribution in [0.25, 0.3) is 11.0 Å². The summed E-state index contributed by atoms with van der Waals surface area (Å²) in [7, 11) is 1.62. The molecular weight excluding hydrogens is 414 g/mol. The smallest absolute Gasteiger partial charge is 0.253 e. The first-order valence-corrected chi connectivity index (χ1v) is 10.3. The zero-order valence-electron chi connectivity index (χ0n) is 17.0. The van der Waals surface area contributed by atoms with E-state index in [1.165, 1.54) is 0 Å². The lowest BCUT2D eigenvalue weighted by Crippen LogP contribution is -2.25. The monoisotopic (exact) mass is 435 g/mol. The number of nitrogens with zero attached hydrogens (tertiary/aromatic N) is 2. The third-order valence-corrected chi connectivity index (χ3v) is 5.21. The van der Waals surface area contributed by atoms with E-state index >= 15 is 0 Å². The standard InChI is InChI=1S/C24H22ClN3O3/c1-30-17-7-6-8-18(15-17)31-14-13-28-22-12-5-4-11-21(22)27-23(28)16-26-24(29)19-9-2-3-10-20(19)25/h2-12,15H,13-14,16H2,1H3,(H,26,29). The van der Waals surface area contributed by atoms with E-state index in [-0.39, 0.29) is 12.5 Å². The Morgan fingerprint density at radius 3 is 2.65 bits per heavy atom. The summed E-state index contributed by atoms with van der Waals surface area (Å²) in [4.78, 5) is 17.2. The number of fused-ring (bicyclic) bond motifs is 1. The summed E-state index contributed by atoms with van der Waals surface area (Å²) in [6.07, 6.45) is 0. The van der Waals surface area contributed by atoms with Crippen LogP contribution in [0.5, 0.6) is 11.5 Å². The van der Waals surface area contributed by atoms with Gasteiger partial charge in [-0.05, 0) is 36.4 Å². The fraction of sp³-hybridized carbons (Fsp3) is 0.167. The highest BCUT2D eigenvalue weighted by Crippen LogP contribution is 2.20. The van der Waals surface area contributed by atoms with Crippen molar-refractivity contribution in [2.75, 3.05) is 13.7 Å². The van der Waals surface area contributed by atoms with Crippen LogP contribution in [-0.4, -0.2) is 29.2 Å². The molecule has 0 radical (unpaired) electrons. The third kappa shape index (κ3) is 4.81. The van der Waals surface area contributed by atoms with Gasteiger partial charge in [0.1, 0.15) is 23.9 Å². The van der Waals surface area contributed by atoms with Gasteiger partial charge in [-0.25, -0.2) is 4.98 Å². The molecule has 0 atom stereocenters. The normalized spacial score (nSPS) is 10.8. The van der Waals surface area contributed by atoms with Crippen molar-refractivity contribution in [2.24, 2.45) is 0 Å². The summed E-state index contributed by atoms with van der Waals surface area (Å²) in [6, 6.07) is 22.3. The van der Waals surface area contributed by atoms with Gasteiger partial charge in [-0.1, -0.05) is 41.9 Å². The minimum atomic E-state index is -0.239. The molecule has 0 aliphatic carbocycles. The minimum absolute atomic E-state index is 0.239. The number of para-hydroxylation sites is 2. The Kier molecular flexibility index (Phi) is 6.38. The maximum Gasteiger partial charge on any atom is 0.253 e. The SMILES string of the molecule is COc1cccc(OCCn2c(CNC(=O)c3ccccc3Cl)nc3ccccc32)c1. The topological polar surface area (TPSA) is 65.4 Å². The summed E-state index contributed by atoms with van der Waals surface area (Å²) < 4.78 is 13.2. The van der Waals surface area contributed by atoms with Gasteiger partial charge >= 0.3 is 0 Å². The highest BCUT2D eigenvalue weighted by molar-refractivity contribution is 6.33. The largest absolute Gasteiger partial charge is 0.497 e. The van der Waals surface area contributed by atoms with Gasteiger partial charge in [0.05, 0.1) is 41.8 Å². The molecule has 4 rings (SSSR count). The van der Waals surface area contributed by atoms with Crippen LogP contribution in [0.3, 0.4) is 0 Å². The summed E-state index contributed by atoms with van der Waals surface area (Å²) in [5, 5.41) is 3.33. The lowest BCUT2D eigenvalue weighted by molar-refractivity contribution is 0.0949. The molecule has 158 valence electrons. The summed E-state index contributed by atoms with van der Waals surface area (Å²) in [5.74, 6) is 1.98. The van der Waals surface area contributed by atoms with E-state index < -0.39 is 0 Å². The van der Waals surface area contributed by atoms with Crippen LogP contribution in [0.15, 0.2) is 72.8 Å². The first kappa shape index (κ1) is 20.8. The number of amides is 1. The van der Waals surface area contributed by atoms with Crippen molar-refractivity contribution in [3.63, 3.8) is 0 Å². The molecule has 1 N–H and O–H groups in total. The number of hydrogen-bond acceptors (Lipinski definition) is 4. The highest BCUT2D eigenvalue weighted by atomic mass is 35.5. The number of nitrogens with one attached hydrogen (secondary N) is 1. The Morgan fingerprint density at radius 1 is 1.03 bits per heavy atom. The molecule has 1 heterocycles. The number of imidazole rings is 1. The first-order chi connectivity index (χ1) is 15.2. The molecule has 0 unspecified atom stereocenters. The Morgan fingerprint density at radius 2 is 1.81 bits per heavy atom. The van der Waals surface area contributed by atoms with Gasteiger partial charge in [0.25, 0.3) is 5.91 Å². The molecule has 0 aliphatic rings. The molecule has 7 heteroatoms. The minimum Gasteiger partial charge on any atom is -0.497 e. The second kappa shape index (κ2) is 9.53. The number of carbonyl (C=O) groups is 1. The van der Waals surface area contributed by atoms with Gasteiger partial charge < -0.3 is 19.4 Å². The van der Waals surface area contributed by atoms with Crippen LogP contribution in [0, 0.1) is 0 Å². The predicted octanol–water partition coefficient (Wildman–Crippen LogP) is 4.71. The summed E-state index contributed by atoms with van der Waals surface area (Å²) >= 11 is 6.14. The number of benzene rings is 3. The average Bonchev–Trinajstić information content (AvgIpc) is 3.15. The molecule has 1 aromatic heterocycles. The molecule has 0 bridgehead atoms. The molecule has 1 amide bonds. The van der Waals surface area contributed by atoms with Gasteiger partial charge in [-0.15, -0.1) is 0 Å². The van der Waals surface area contributed by atoms with E-state index in [0.717, 1.165) is 28.4 Å². The molecule has 0 fully saturated rings. The van der Waals surface area contributed by atoms with E-state index in [1.807, 2.05) is 48.5 Å². The van der Waals surface area contributed by atoms with Gasteiger partial charge in [0, 0.05) is 6.07 Å². The van der Waals surface area contributed by atoms with E-state index in [1.54, 1.807) is 31.4 Å².